The van der Waals surface area contributed by atoms with E-state index < -0.39 is 41.8 Å². The van der Waals surface area contributed by atoms with Gasteiger partial charge in [-0.3, -0.25) is 24.1 Å². The highest BCUT2D eigenvalue weighted by molar-refractivity contribution is 6.09. The Labute approximate surface area is 161 Å². The monoisotopic (exact) mass is 390 g/mol. The summed E-state index contributed by atoms with van der Waals surface area (Å²) in [5, 5.41) is 5.09. The number of primary amides is 1. The molecule has 1 aromatic carbocycles. The van der Waals surface area contributed by atoms with Gasteiger partial charge in [0.1, 0.15) is 12.1 Å². The van der Waals surface area contributed by atoms with Crippen LogP contribution in [0.1, 0.15) is 35.7 Å². The molecule has 4 N–H and O–H groups in total. The summed E-state index contributed by atoms with van der Waals surface area (Å²) in [6.45, 7) is 1.23. The third kappa shape index (κ3) is 4.45. The van der Waals surface area contributed by atoms with Crippen LogP contribution in [0, 0.1) is 0 Å². The van der Waals surface area contributed by atoms with Crippen LogP contribution in [-0.2, 0) is 24.7 Å². The van der Waals surface area contributed by atoms with Crippen LogP contribution in [0.15, 0.2) is 24.3 Å². The Hall–Kier alpha value is -3.43. The number of amides is 5. The SMILES string of the molecule is COC(=O)CCCNC(=O)CN1C(=O)NC(C)(c2cccc(C(N)=O)c2)C1=O. The fourth-order valence-corrected chi connectivity index (χ4v) is 2.78. The maximum absolute atomic E-state index is 12.8. The molecule has 0 aromatic heterocycles. The molecule has 10 nitrogen and oxygen atoms in total. The van der Waals surface area contributed by atoms with Gasteiger partial charge in [0.25, 0.3) is 5.91 Å². The number of benzene rings is 1. The van der Waals surface area contributed by atoms with Gasteiger partial charge in [-0.25, -0.2) is 4.79 Å². The van der Waals surface area contributed by atoms with Crippen molar-refractivity contribution in [1.82, 2.24) is 15.5 Å². The van der Waals surface area contributed by atoms with Crippen molar-refractivity contribution in [3.8, 4) is 0 Å². The van der Waals surface area contributed by atoms with Crippen LogP contribution in [0.5, 0.6) is 0 Å². The third-order valence-corrected chi connectivity index (χ3v) is 4.41. The van der Waals surface area contributed by atoms with Gasteiger partial charge in [0.05, 0.1) is 7.11 Å². The van der Waals surface area contributed by atoms with E-state index in [1.165, 1.54) is 26.2 Å². The maximum Gasteiger partial charge on any atom is 0.325 e. The molecule has 1 aliphatic heterocycles. The second-order valence-corrected chi connectivity index (χ2v) is 6.42. The van der Waals surface area contributed by atoms with E-state index in [0.29, 0.717) is 12.0 Å². The average molecular weight is 390 g/mol. The van der Waals surface area contributed by atoms with E-state index in [4.69, 9.17) is 5.73 Å². The summed E-state index contributed by atoms with van der Waals surface area (Å²) in [5.74, 6) is -2.21. The van der Waals surface area contributed by atoms with Gasteiger partial charge >= 0.3 is 12.0 Å². The van der Waals surface area contributed by atoms with E-state index in [1.54, 1.807) is 12.1 Å². The molecule has 28 heavy (non-hydrogen) atoms. The summed E-state index contributed by atoms with van der Waals surface area (Å²) >= 11 is 0. The van der Waals surface area contributed by atoms with Gasteiger partial charge in [0.2, 0.25) is 11.8 Å². The van der Waals surface area contributed by atoms with Crippen molar-refractivity contribution in [3.63, 3.8) is 0 Å². The lowest BCUT2D eigenvalue weighted by molar-refractivity contribution is -0.140. The van der Waals surface area contributed by atoms with Crippen molar-refractivity contribution in [3.05, 3.63) is 35.4 Å². The highest BCUT2D eigenvalue weighted by Crippen LogP contribution is 2.29. The number of carbonyl (C=O) groups excluding carboxylic acids is 5. The predicted octanol–water partition coefficient (Wildman–Crippen LogP) is -0.378. The van der Waals surface area contributed by atoms with Crippen LogP contribution in [-0.4, -0.2) is 54.8 Å². The molecule has 1 saturated heterocycles. The number of urea groups is 1. The Morgan fingerprint density at radius 1 is 1.29 bits per heavy atom. The van der Waals surface area contributed by atoms with Gasteiger partial charge in [-0.15, -0.1) is 0 Å². The molecule has 1 heterocycles. The molecule has 1 atom stereocenters. The average Bonchev–Trinajstić information content (AvgIpc) is 2.89. The van der Waals surface area contributed by atoms with Crippen LogP contribution in [0.2, 0.25) is 0 Å². The summed E-state index contributed by atoms with van der Waals surface area (Å²) in [6.07, 6.45) is 0.518. The molecule has 0 bridgehead atoms. The Morgan fingerprint density at radius 3 is 2.64 bits per heavy atom. The first-order chi connectivity index (χ1) is 13.2. The summed E-state index contributed by atoms with van der Waals surface area (Å²) in [6, 6.07) is 5.34. The fraction of sp³-hybridized carbons (Fsp3) is 0.389. The molecule has 1 unspecified atom stereocenters. The van der Waals surface area contributed by atoms with Crippen LogP contribution < -0.4 is 16.4 Å². The van der Waals surface area contributed by atoms with Crippen molar-refractivity contribution in [1.29, 1.82) is 0 Å². The zero-order chi connectivity index (χ0) is 20.9. The van der Waals surface area contributed by atoms with Crippen LogP contribution in [0.25, 0.3) is 0 Å². The summed E-state index contributed by atoms with van der Waals surface area (Å²) in [7, 11) is 1.27. The highest BCUT2D eigenvalue weighted by Gasteiger charge is 2.49. The number of nitrogens with zero attached hydrogens (tertiary/aromatic N) is 1. The predicted molar refractivity (Wildman–Crippen MR) is 96.8 cm³/mol. The smallest absolute Gasteiger partial charge is 0.325 e. The molecule has 0 radical (unpaired) electrons. The maximum atomic E-state index is 12.8. The topological polar surface area (TPSA) is 148 Å². The summed E-state index contributed by atoms with van der Waals surface area (Å²) < 4.78 is 4.49. The Kier molecular flexibility index (Phi) is 6.34. The van der Waals surface area contributed by atoms with E-state index in [2.05, 4.69) is 15.4 Å². The van der Waals surface area contributed by atoms with Crippen molar-refractivity contribution >= 4 is 29.7 Å². The summed E-state index contributed by atoms with van der Waals surface area (Å²) in [4.78, 5) is 60.3. The second kappa shape index (κ2) is 8.51. The molecule has 5 amide bonds. The Bertz CT molecular complexity index is 824. The number of carbonyl (C=O) groups is 5. The van der Waals surface area contributed by atoms with Crippen molar-refractivity contribution in [2.24, 2.45) is 5.73 Å². The zero-order valence-electron chi connectivity index (χ0n) is 15.6. The molecule has 0 saturated carbocycles. The van der Waals surface area contributed by atoms with Crippen LogP contribution in [0.3, 0.4) is 0 Å². The normalized spacial score (nSPS) is 18.6. The van der Waals surface area contributed by atoms with Gasteiger partial charge in [-0.2, -0.15) is 0 Å². The molecular formula is C18H22N4O6. The van der Waals surface area contributed by atoms with Gasteiger partial charge in [0.15, 0.2) is 0 Å². The minimum absolute atomic E-state index is 0.147. The van der Waals surface area contributed by atoms with Crippen LogP contribution >= 0.6 is 0 Å². The lowest BCUT2D eigenvalue weighted by atomic mass is 9.90. The zero-order valence-corrected chi connectivity index (χ0v) is 15.6. The number of nitrogens with two attached hydrogens (primary N) is 1. The number of imide groups is 1. The number of ether oxygens (including phenoxy) is 1. The van der Waals surface area contributed by atoms with Crippen molar-refractivity contribution < 1.29 is 28.7 Å². The van der Waals surface area contributed by atoms with E-state index in [0.717, 1.165) is 4.90 Å². The van der Waals surface area contributed by atoms with Gasteiger partial charge in [-0.1, -0.05) is 12.1 Å². The van der Waals surface area contributed by atoms with E-state index >= 15 is 0 Å². The van der Waals surface area contributed by atoms with Crippen LogP contribution in [0.4, 0.5) is 4.79 Å². The number of rotatable bonds is 8. The minimum atomic E-state index is -1.42. The van der Waals surface area contributed by atoms with Crippen molar-refractivity contribution in [2.75, 3.05) is 20.2 Å². The number of hydrogen-bond acceptors (Lipinski definition) is 6. The van der Waals surface area contributed by atoms with Gasteiger partial charge < -0.3 is 21.1 Å². The standard InChI is InChI=1S/C18H22N4O6/c1-18(12-6-3-5-11(9-12)15(19)25)16(26)22(17(27)21-18)10-13(23)20-8-4-7-14(24)28-2/h3,5-6,9H,4,7-8,10H2,1-2H3,(H2,19,25)(H,20,23)(H,21,27). The lowest BCUT2D eigenvalue weighted by Crippen LogP contribution is -2.43. The molecule has 1 aromatic rings. The van der Waals surface area contributed by atoms with Crippen molar-refractivity contribution in [2.45, 2.75) is 25.3 Å². The molecule has 1 aliphatic rings. The van der Waals surface area contributed by atoms with Gasteiger partial charge in [-0.05, 0) is 31.0 Å². The molecule has 0 aliphatic carbocycles. The number of hydrogen-bond donors (Lipinski definition) is 3. The number of methoxy groups -OCH3 is 1. The largest absolute Gasteiger partial charge is 0.469 e. The first-order valence-electron chi connectivity index (χ1n) is 8.57. The molecule has 10 heteroatoms. The molecule has 1 fully saturated rings. The molecule has 0 spiro atoms. The van der Waals surface area contributed by atoms with E-state index in [-0.39, 0.29) is 18.5 Å². The highest BCUT2D eigenvalue weighted by atomic mass is 16.5. The van der Waals surface area contributed by atoms with E-state index in [1.807, 2.05) is 0 Å². The Morgan fingerprint density at radius 2 is 2.00 bits per heavy atom. The van der Waals surface area contributed by atoms with Gasteiger partial charge in [0, 0.05) is 18.5 Å². The number of esters is 1. The third-order valence-electron chi connectivity index (χ3n) is 4.41. The number of nitrogens with one attached hydrogen (secondary N) is 2. The fourth-order valence-electron chi connectivity index (χ4n) is 2.78. The summed E-state index contributed by atoms with van der Waals surface area (Å²) in [5.41, 5.74) is 4.41. The second-order valence-electron chi connectivity index (χ2n) is 6.42. The Balaban J connectivity index is 2.02. The quantitative estimate of drug-likeness (QED) is 0.313. The van der Waals surface area contributed by atoms with E-state index in [9.17, 15) is 24.0 Å². The lowest BCUT2D eigenvalue weighted by Gasteiger charge is -2.22. The molecule has 150 valence electrons. The minimum Gasteiger partial charge on any atom is -0.469 e. The molecule has 2 rings (SSSR count). The first kappa shape index (κ1) is 20.9. The first-order valence-corrected chi connectivity index (χ1v) is 8.57. The molecular weight excluding hydrogens is 368 g/mol.